The summed E-state index contributed by atoms with van der Waals surface area (Å²) in [7, 11) is -3.58. The molecule has 4 rings (SSSR count). The van der Waals surface area contributed by atoms with Crippen LogP contribution in [-0.4, -0.2) is 46.1 Å². The fourth-order valence-corrected chi connectivity index (χ4v) is 5.25. The molecule has 0 spiro atoms. The number of nitrogens with zero attached hydrogens (tertiary/aromatic N) is 3. The van der Waals surface area contributed by atoms with Crippen molar-refractivity contribution in [2.24, 2.45) is 0 Å². The molecule has 0 aliphatic carbocycles. The Hall–Kier alpha value is -2.40. The normalized spacial score (nSPS) is 16.6. The van der Waals surface area contributed by atoms with Crippen LogP contribution < -0.4 is 5.32 Å². The van der Waals surface area contributed by atoms with Crippen LogP contribution >= 0.6 is 23.4 Å². The molecule has 0 radical (unpaired) electrons. The summed E-state index contributed by atoms with van der Waals surface area (Å²) in [5, 5.41) is 10.6. The van der Waals surface area contributed by atoms with Gasteiger partial charge in [-0.3, -0.25) is 10.1 Å². The van der Waals surface area contributed by atoms with Crippen molar-refractivity contribution >= 4 is 45.2 Å². The quantitative estimate of drug-likeness (QED) is 0.528. The van der Waals surface area contributed by atoms with Gasteiger partial charge in [-0.1, -0.05) is 59.8 Å². The van der Waals surface area contributed by atoms with Crippen molar-refractivity contribution in [2.45, 2.75) is 29.9 Å². The van der Waals surface area contributed by atoms with Crippen molar-refractivity contribution in [3.8, 4) is 0 Å². The highest BCUT2D eigenvalue weighted by molar-refractivity contribution is 7.98. The van der Waals surface area contributed by atoms with Gasteiger partial charge in [0.05, 0.1) is 6.26 Å². The first-order valence-corrected chi connectivity index (χ1v) is 12.6. The number of aromatic amines is 1. The summed E-state index contributed by atoms with van der Waals surface area (Å²) in [5.41, 5.74) is 2.92. The number of sulfonamides is 1. The van der Waals surface area contributed by atoms with E-state index in [0.29, 0.717) is 22.4 Å². The molecule has 2 aromatic carbocycles. The summed E-state index contributed by atoms with van der Waals surface area (Å²) in [4.78, 5) is 17.2. The van der Waals surface area contributed by atoms with E-state index in [-0.39, 0.29) is 12.5 Å². The van der Waals surface area contributed by atoms with Gasteiger partial charge in [-0.25, -0.2) is 13.5 Å². The smallest absolute Gasteiger partial charge is 0.245 e. The molecule has 2 heterocycles. The number of fused-ring (bicyclic) bond motifs is 1. The molecule has 1 aromatic heterocycles. The van der Waals surface area contributed by atoms with Crippen LogP contribution in [0.15, 0.2) is 53.7 Å². The summed E-state index contributed by atoms with van der Waals surface area (Å²) in [6, 6.07) is 14.1. The van der Waals surface area contributed by atoms with E-state index in [2.05, 4.69) is 20.5 Å². The number of aromatic nitrogens is 3. The van der Waals surface area contributed by atoms with Crippen molar-refractivity contribution in [2.75, 3.05) is 11.6 Å². The lowest BCUT2D eigenvalue weighted by Crippen LogP contribution is -2.50. The zero-order valence-corrected chi connectivity index (χ0v) is 19.0. The van der Waals surface area contributed by atoms with Crippen molar-refractivity contribution < 1.29 is 13.2 Å². The van der Waals surface area contributed by atoms with E-state index in [9.17, 15) is 13.2 Å². The Morgan fingerprint density at radius 2 is 1.94 bits per heavy atom. The predicted molar refractivity (Wildman–Crippen MR) is 120 cm³/mol. The number of hydrogen-bond acceptors (Lipinski definition) is 6. The maximum atomic E-state index is 12.9. The average Bonchev–Trinajstić information content (AvgIpc) is 3.19. The van der Waals surface area contributed by atoms with Crippen LogP contribution in [0.25, 0.3) is 0 Å². The first-order valence-electron chi connectivity index (χ1n) is 9.44. The monoisotopic (exact) mass is 477 g/mol. The molecule has 0 saturated heterocycles. The molecule has 2 N–H and O–H groups in total. The molecule has 1 aliphatic heterocycles. The Labute approximate surface area is 189 Å². The first kappa shape index (κ1) is 21.8. The van der Waals surface area contributed by atoms with Gasteiger partial charge in [-0.15, -0.1) is 5.10 Å². The predicted octanol–water partition coefficient (Wildman–Crippen LogP) is 3.08. The number of H-pyrrole nitrogens is 1. The van der Waals surface area contributed by atoms with Crippen molar-refractivity contribution in [3.05, 3.63) is 70.2 Å². The molecule has 1 atom stereocenters. The Bertz CT molecular complexity index is 1200. The van der Waals surface area contributed by atoms with Crippen LogP contribution in [0, 0.1) is 0 Å². The number of carbonyl (C=O) groups excluding carboxylic acids is 1. The van der Waals surface area contributed by atoms with Crippen LogP contribution in [-0.2, 0) is 33.5 Å². The SMILES string of the molecule is CS(=O)(=O)N1Cc2ccccc2C[C@H]1C(=O)Nc1nc(SCc2ccc(Cl)cc2)n[nH]1. The Morgan fingerprint density at radius 3 is 2.65 bits per heavy atom. The minimum Gasteiger partial charge on any atom is -0.293 e. The van der Waals surface area contributed by atoms with E-state index in [0.717, 1.165) is 22.9 Å². The molecule has 0 fully saturated rings. The van der Waals surface area contributed by atoms with Crippen LogP contribution in [0.4, 0.5) is 5.95 Å². The molecule has 0 bridgehead atoms. The largest absolute Gasteiger partial charge is 0.293 e. The molecular weight excluding hydrogens is 458 g/mol. The molecule has 8 nitrogen and oxygen atoms in total. The topological polar surface area (TPSA) is 108 Å². The number of thioether (sulfide) groups is 1. The van der Waals surface area contributed by atoms with Gasteiger partial charge in [-0.2, -0.15) is 9.29 Å². The van der Waals surface area contributed by atoms with Crippen molar-refractivity contribution in [1.82, 2.24) is 19.5 Å². The van der Waals surface area contributed by atoms with Gasteiger partial charge in [0.25, 0.3) is 0 Å². The highest BCUT2D eigenvalue weighted by Crippen LogP contribution is 2.26. The highest BCUT2D eigenvalue weighted by atomic mass is 35.5. The number of benzene rings is 2. The Kier molecular flexibility index (Phi) is 6.33. The third-order valence-electron chi connectivity index (χ3n) is 4.92. The van der Waals surface area contributed by atoms with Gasteiger partial charge in [-0.05, 0) is 35.2 Å². The molecule has 31 heavy (non-hydrogen) atoms. The first-order chi connectivity index (χ1) is 14.8. The van der Waals surface area contributed by atoms with E-state index >= 15 is 0 Å². The second-order valence-electron chi connectivity index (χ2n) is 7.17. The van der Waals surface area contributed by atoms with Gasteiger partial charge in [0.1, 0.15) is 6.04 Å². The number of nitrogens with one attached hydrogen (secondary N) is 2. The van der Waals surface area contributed by atoms with Crippen LogP contribution in [0.2, 0.25) is 5.02 Å². The van der Waals surface area contributed by atoms with Crippen LogP contribution in [0.1, 0.15) is 16.7 Å². The summed E-state index contributed by atoms with van der Waals surface area (Å²) in [6.07, 6.45) is 1.41. The van der Waals surface area contributed by atoms with Crippen LogP contribution in [0.3, 0.4) is 0 Å². The molecular formula is C20H20ClN5O3S2. The maximum absolute atomic E-state index is 12.9. The number of rotatable bonds is 6. The fraction of sp³-hybridized carbons (Fsp3) is 0.250. The summed E-state index contributed by atoms with van der Waals surface area (Å²) < 4.78 is 25.8. The summed E-state index contributed by atoms with van der Waals surface area (Å²) >= 11 is 7.30. The van der Waals surface area contributed by atoms with Gasteiger partial charge >= 0.3 is 0 Å². The van der Waals surface area contributed by atoms with E-state index < -0.39 is 22.0 Å². The second kappa shape index (κ2) is 8.99. The summed E-state index contributed by atoms with van der Waals surface area (Å²) in [5.74, 6) is 0.366. The van der Waals surface area contributed by atoms with E-state index in [1.807, 2.05) is 48.5 Å². The lowest BCUT2D eigenvalue weighted by atomic mass is 9.95. The lowest BCUT2D eigenvalue weighted by molar-refractivity contribution is -0.120. The molecule has 1 aliphatic rings. The van der Waals surface area contributed by atoms with E-state index in [4.69, 9.17) is 11.6 Å². The van der Waals surface area contributed by atoms with Gasteiger partial charge in [0, 0.05) is 17.3 Å². The number of carbonyl (C=O) groups is 1. The number of hydrogen-bond donors (Lipinski definition) is 2. The number of anilines is 1. The minimum absolute atomic E-state index is 0.158. The third kappa shape index (κ3) is 5.27. The van der Waals surface area contributed by atoms with Gasteiger partial charge < -0.3 is 0 Å². The molecule has 3 aromatic rings. The lowest BCUT2D eigenvalue weighted by Gasteiger charge is -2.33. The van der Waals surface area contributed by atoms with Gasteiger partial charge in [0.2, 0.25) is 27.0 Å². The minimum atomic E-state index is -3.58. The summed E-state index contributed by atoms with van der Waals surface area (Å²) in [6.45, 7) is 0.158. The average molecular weight is 478 g/mol. The number of halogens is 1. The Balaban J connectivity index is 1.44. The third-order valence-corrected chi connectivity index (χ3v) is 7.33. The van der Waals surface area contributed by atoms with Crippen molar-refractivity contribution in [1.29, 1.82) is 0 Å². The molecule has 0 unspecified atom stereocenters. The van der Waals surface area contributed by atoms with Gasteiger partial charge in [0.15, 0.2) is 0 Å². The molecule has 162 valence electrons. The maximum Gasteiger partial charge on any atom is 0.245 e. The molecule has 11 heteroatoms. The standard InChI is InChI=1S/C20H20ClN5O3S2/c1-31(28,29)26-11-15-5-3-2-4-14(15)10-17(26)18(27)22-19-23-20(25-24-19)30-12-13-6-8-16(21)9-7-13/h2-9,17H,10-12H2,1H3,(H2,22,23,24,25,27)/t17-/m0/s1. The second-order valence-corrected chi connectivity index (χ2v) is 10.5. The Morgan fingerprint density at radius 1 is 1.23 bits per heavy atom. The van der Waals surface area contributed by atoms with Crippen molar-refractivity contribution in [3.63, 3.8) is 0 Å². The van der Waals surface area contributed by atoms with E-state index in [1.165, 1.54) is 16.1 Å². The van der Waals surface area contributed by atoms with E-state index in [1.54, 1.807) is 0 Å². The highest BCUT2D eigenvalue weighted by Gasteiger charge is 2.37. The fourth-order valence-electron chi connectivity index (χ4n) is 3.37. The molecule has 0 saturated carbocycles. The molecule has 1 amide bonds. The zero-order valence-electron chi connectivity index (χ0n) is 16.6. The number of amides is 1. The van der Waals surface area contributed by atoms with Crippen LogP contribution in [0.5, 0.6) is 0 Å². The zero-order chi connectivity index (χ0) is 22.0.